The summed E-state index contributed by atoms with van der Waals surface area (Å²) < 4.78 is 6.21. The van der Waals surface area contributed by atoms with Gasteiger partial charge in [0.15, 0.2) is 0 Å². The highest BCUT2D eigenvalue weighted by atomic mass is 16.6. The fourth-order valence-corrected chi connectivity index (χ4v) is 7.33. The number of esters is 1. The Morgan fingerprint density at radius 2 is 2.04 bits per heavy atom. The molecule has 0 aromatic heterocycles. The second-order valence-electron chi connectivity index (χ2n) is 9.55. The van der Waals surface area contributed by atoms with Crippen molar-refractivity contribution in [1.82, 2.24) is 0 Å². The highest BCUT2D eigenvalue weighted by Crippen LogP contribution is 2.65. The summed E-state index contributed by atoms with van der Waals surface area (Å²) in [4.78, 5) is 13.1. The summed E-state index contributed by atoms with van der Waals surface area (Å²) in [6.45, 7) is 6.95. The molecule has 0 radical (unpaired) electrons. The SMILES string of the molecule is CCCC1CC(C)C2C3CC(C(=O)OC4(CC)C=CCCC4)C(C3)C12. The molecule has 8 atom stereocenters. The normalized spacial score (nSPS) is 47.9. The van der Waals surface area contributed by atoms with E-state index in [1.54, 1.807) is 0 Å². The van der Waals surface area contributed by atoms with Crippen molar-refractivity contribution in [3.8, 4) is 0 Å². The van der Waals surface area contributed by atoms with Gasteiger partial charge in [0.05, 0.1) is 5.92 Å². The fraction of sp³-hybridized carbons (Fsp3) is 0.870. The molecule has 2 nitrogen and oxygen atoms in total. The molecule has 4 rings (SSSR count). The van der Waals surface area contributed by atoms with Crippen LogP contribution in [0.1, 0.15) is 78.6 Å². The van der Waals surface area contributed by atoms with Crippen LogP contribution in [0.25, 0.3) is 0 Å². The van der Waals surface area contributed by atoms with Crippen LogP contribution in [0.4, 0.5) is 0 Å². The maximum Gasteiger partial charge on any atom is 0.310 e. The molecule has 0 amide bonds. The topological polar surface area (TPSA) is 26.3 Å². The molecule has 0 aliphatic heterocycles. The third-order valence-corrected chi connectivity index (χ3v) is 8.26. The second kappa shape index (κ2) is 6.74. The zero-order valence-corrected chi connectivity index (χ0v) is 16.4. The molecule has 3 saturated carbocycles. The van der Waals surface area contributed by atoms with Crippen LogP contribution in [0.5, 0.6) is 0 Å². The van der Waals surface area contributed by atoms with Gasteiger partial charge in [-0.25, -0.2) is 0 Å². The van der Waals surface area contributed by atoms with E-state index in [9.17, 15) is 4.79 Å². The minimum atomic E-state index is -0.303. The summed E-state index contributed by atoms with van der Waals surface area (Å²) in [5.41, 5.74) is -0.303. The van der Waals surface area contributed by atoms with Crippen molar-refractivity contribution in [2.75, 3.05) is 0 Å². The van der Waals surface area contributed by atoms with Gasteiger partial charge < -0.3 is 4.74 Å². The average Bonchev–Trinajstić information content (AvgIpc) is 3.28. The van der Waals surface area contributed by atoms with Gasteiger partial charge in [-0.05, 0) is 86.5 Å². The fourth-order valence-electron chi connectivity index (χ4n) is 7.33. The van der Waals surface area contributed by atoms with E-state index >= 15 is 0 Å². The van der Waals surface area contributed by atoms with Crippen molar-refractivity contribution >= 4 is 5.97 Å². The molecule has 2 heteroatoms. The molecule has 0 spiro atoms. The number of allylic oxidation sites excluding steroid dienone is 1. The smallest absolute Gasteiger partial charge is 0.310 e. The van der Waals surface area contributed by atoms with Gasteiger partial charge in [0.25, 0.3) is 0 Å². The Morgan fingerprint density at radius 1 is 1.20 bits per heavy atom. The Hall–Kier alpha value is -0.790. The number of hydrogen-bond acceptors (Lipinski definition) is 2. The summed E-state index contributed by atoms with van der Waals surface area (Å²) in [6.07, 6.45) is 15.1. The van der Waals surface area contributed by atoms with Crippen LogP contribution in [0.3, 0.4) is 0 Å². The monoisotopic (exact) mass is 344 g/mol. The first-order chi connectivity index (χ1) is 12.1. The summed E-state index contributed by atoms with van der Waals surface area (Å²) in [7, 11) is 0. The van der Waals surface area contributed by atoms with Crippen molar-refractivity contribution in [2.24, 2.45) is 41.4 Å². The lowest BCUT2D eigenvalue weighted by Crippen LogP contribution is -2.40. The predicted molar refractivity (Wildman–Crippen MR) is 101 cm³/mol. The van der Waals surface area contributed by atoms with Gasteiger partial charge in [0.1, 0.15) is 5.60 Å². The highest BCUT2D eigenvalue weighted by Gasteiger charge is 2.61. The van der Waals surface area contributed by atoms with E-state index in [1.807, 2.05) is 0 Å². The van der Waals surface area contributed by atoms with Crippen molar-refractivity contribution in [2.45, 2.75) is 84.2 Å². The molecule has 2 bridgehead atoms. The van der Waals surface area contributed by atoms with Crippen LogP contribution in [-0.4, -0.2) is 11.6 Å². The number of rotatable bonds is 5. The Balaban J connectivity index is 1.48. The van der Waals surface area contributed by atoms with E-state index in [4.69, 9.17) is 4.74 Å². The highest BCUT2D eigenvalue weighted by molar-refractivity contribution is 5.74. The molecule has 4 aliphatic rings. The summed E-state index contributed by atoms with van der Waals surface area (Å²) in [6, 6.07) is 0. The van der Waals surface area contributed by atoms with Crippen LogP contribution in [0.15, 0.2) is 12.2 Å². The van der Waals surface area contributed by atoms with Gasteiger partial charge in [0.2, 0.25) is 0 Å². The summed E-state index contributed by atoms with van der Waals surface area (Å²) >= 11 is 0. The van der Waals surface area contributed by atoms with E-state index in [-0.39, 0.29) is 17.5 Å². The largest absolute Gasteiger partial charge is 0.455 e. The van der Waals surface area contributed by atoms with E-state index in [0.29, 0.717) is 5.92 Å². The molecule has 8 unspecified atom stereocenters. The van der Waals surface area contributed by atoms with Crippen LogP contribution in [-0.2, 0) is 9.53 Å². The molecule has 4 aliphatic carbocycles. The molecule has 0 N–H and O–H groups in total. The number of carbonyl (C=O) groups excluding carboxylic acids is 1. The van der Waals surface area contributed by atoms with Gasteiger partial charge in [-0.1, -0.05) is 39.7 Å². The lowest BCUT2D eigenvalue weighted by molar-refractivity contribution is -0.165. The second-order valence-corrected chi connectivity index (χ2v) is 9.55. The first-order valence-electron chi connectivity index (χ1n) is 11.0. The van der Waals surface area contributed by atoms with E-state index in [0.717, 1.165) is 61.7 Å². The number of carbonyl (C=O) groups is 1. The van der Waals surface area contributed by atoms with E-state index < -0.39 is 0 Å². The number of hydrogen-bond donors (Lipinski definition) is 0. The maximum absolute atomic E-state index is 13.1. The standard InChI is InChI=1S/C23H36O2/c1-4-9-16-12-15(3)20-17-13-18(21(16)20)19(14-17)22(24)25-23(5-2)10-7-6-8-11-23/h7,10,15-21H,4-6,8-9,11-14H2,1-3H3. The first-order valence-corrected chi connectivity index (χ1v) is 11.0. The van der Waals surface area contributed by atoms with Gasteiger partial charge in [-0.15, -0.1) is 0 Å². The molecule has 25 heavy (non-hydrogen) atoms. The van der Waals surface area contributed by atoms with E-state index in [2.05, 4.69) is 32.9 Å². The average molecular weight is 345 g/mol. The van der Waals surface area contributed by atoms with Gasteiger partial charge in [0, 0.05) is 0 Å². The molecule has 3 fully saturated rings. The molecular weight excluding hydrogens is 308 g/mol. The van der Waals surface area contributed by atoms with Gasteiger partial charge in [-0.2, -0.15) is 0 Å². The molecule has 140 valence electrons. The number of fused-ring (bicyclic) bond motifs is 5. The Kier molecular flexibility index (Phi) is 4.75. The Labute approximate surface area is 153 Å². The molecule has 0 saturated heterocycles. The van der Waals surface area contributed by atoms with Crippen molar-refractivity contribution in [3.63, 3.8) is 0 Å². The van der Waals surface area contributed by atoms with Crippen LogP contribution >= 0.6 is 0 Å². The lowest BCUT2D eigenvalue weighted by Gasteiger charge is -2.38. The minimum absolute atomic E-state index is 0.133. The third-order valence-electron chi connectivity index (χ3n) is 8.26. The zero-order chi connectivity index (χ0) is 17.6. The van der Waals surface area contributed by atoms with Crippen molar-refractivity contribution < 1.29 is 9.53 Å². The van der Waals surface area contributed by atoms with Crippen LogP contribution in [0, 0.1) is 41.4 Å². The summed E-state index contributed by atoms with van der Waals surface area (Å²) in [5.74, 6) is 5.19. The van der Waals surface area contributed by atoms with Gasteiger partial charge in [-0.3, -0.25) is 4.79 Å². The predicted octanol–water partition coefficient (Wildman–Crippen LogP) is 5.76. The van der Waals surface area contributed by atoms with Crippen molar-refractivity contribution in [3.05, 3.63) is 12.2 Å². The van der Waals surface area contributed by atoms with Crippen LogP contribution in [0.2, 0.25) is 0 Å². The number of ether oxygens (including phenoxy) is 1. The Bertz CT molecular complexity index is 538. The molecule has 0 heterocycles. The summed E-state index contributed by atoms with van der Waals surface area (Å²) in [5, 5.41) is 0. The van der Waals surface area contributed by atoms with E-state index in [1.165, 1.54) is 25.7 Å². The molecule has 0 aromatic rings. The molecular formula is C23H36O2. The van der Waals surface area contributed by atoms with Crippen molar-refractivity contribution in [1.29, 1.82) is 0 Å². The molecule has 0 aromatic carbocycles. The van der Waals surface area contributed by atoms with Gasteiger partial charge >= 0.3 is 5.97 Å². The Morgan fingerprint density at radius 3 is 2.72 bits per heavy atom. The quantitative estimate of drug-likeness (QED) is 0.468. The third kappa shape index (κ3) is 2.88. The lowest BCUT2D eigenvalue weighted by atomic mass is 9.71. The maximum atomic E-state index is 13.1. The van der Waals surface area contributed by atoms with Crippen LogP contribution < -0.4 is 0 Å². The first kappa shape index (κ1) is 17.6. The zero-order valence-electron chi connectivity index (χ0n) is 16.4. The minimum Gasteiger partial charge on any atom is -0.455 e.